The number of halogens is 2. The van der Waals surface area contributed by atoms with Gasteiger partial charge in [0.05, 0.1) is 10.7 Å². The molecule has 2 aromatic rings. The summed E-state index contributed by atoms with van der Waals surface area (Å²) in [5.41, 5.74) is 6.42. The summed E-state index contributed by atoms with van der Waals surface area (Å²) in [5.74, 6) is -0.200. The Kier molecular flexibility index (Phi) is 3.15. The van der Waals surface area contributed by atoms with E-state index in [1.807, 2.05) is 0 Å². The van der Waals surface area contributed by atoms with Crippen LogP contribution in [0.25, 0.3) is 0 Å². The summed E-state index contributed by atoms with van der Waals surface area (Å²) < 4.78 is 19.0. The van der Waals surface area contributed by atoms with Crippen molar-refractivity contribution in [1.29, 1.82) is 0 Å². The summed E-state index contributed by atoms with van der Waals surface area (Å²) in [6.07, 6.45) is 1.39. The van der Waals surface area contributed by atoms with Crippen molar-refractivity contribution in [1.82, 2.24) is 4.98 Å². The summed E-state index contributed by atoms with van der Waals surface area (Å²) in [6, 6.07) is 6.36. The smallest absolute Gasteiger partial charge is 0.242 e. The largest absolute Gasteiger partial charge is 0.434 e. The molecular weight excluding hydrogens is 243 g/mol. The van der Waals surface area contributed by atoms with Crippen molar-refractivity contribution in [3.05, 3.63) is 46.9 Å². The molecule has 88 valence electrons. The number of nitrogens with two attached hydrogens (primary N) is 1. The fourth-order valence-electron chi connectivity index (χ4n) is 1.33. The lowest BCUT2D eigenvalue weighted by Crippen LogP contribution is -1.97. The van der Waals surface area contributed by atoms with Crippen molar-refractivity contribution in [3.8, 4) is 11.6 Å². The minimum atomic E-state index is -0.427. The zero-order valence-corrected chi connectivity index (χ0v) is 9.83. The van der Waals surface area contributed by atoms with E-state index in [-0.39, 0.29) is 17.3 Å². The standard InChI is InChI=1S/C12H10ClFN2O/c1-7-3-2-4-10(11(7)14)17-12-9(15)5-8(13)6-16-12/h2-6H,15H2,1H3. The Labute approximate surface area is 103 Å². The topological polar surface area (TPSA) is 48.1 Å². The second-order valence-corrected chi connectivity index (χ2v) is 3.97. The number of benzene rings is 1. The molecule has 0 saturated carbocycles. The summed E-state index contributed by atoms with van der Waals surface area (Å²) in [7, 11) is 0. The van der Waals surface area contributed by atoms with Crippen molar-refractivity contribution in [3.63, 3.8) is 0 Å². The van der Waals surface area contributed by atoms with Gasteiger partial charge < -0.3 is 10.5 Å². The van der Waals surface area contributed by atoms with Gasteiger partial charge in [-0.05, 0) is 24.6 Å². The lowest BCUT2D eigenvalue weighted by Gasteiger charge is -2.09. The molecule has 5 heteroatoms. The predicted molar refractivity (Wildman–Crippen MR) is 64.9 cm³/mol. The average molecular weight is 253 g/mol. The van der Waals surface area contributed by atoms with Crippen molar-refractivity contribution < 1.29 is 9.13 Å². The molecule has 0 radical (unpaired) electrons. The van der Waals surface area contributed by atoms with Gasteiger partial charge in [0, 0.05) is 6.20 Å². The molecule has 17 heavy (non-hydrogen) atoms. The predicted octanol–water partition coefficient (Wildman–Crippen LogP) is 3.56. The Morgan fingerprint density at radius 1 is 1.41 bits per heavy atom. The van der Waals surface area contributed by atoms with E-state index in [1.165, 1.54) is 18.3 Å². The van der Waals surface area contributed by atoms with E-state index < -0.39 is 5.82 Å². The third-order valence-electron chi connectivity index (χ3n) is 2.21. The van der Waals surface area contributed by atoms with Crippen molar-refractivity contribution in [2.75, 3.05) is 5.73 Å². The van der Waals surface area contributed by atoms with Crippen LogP contribution in [0.3, 0.4) is 0 Å². The zero-order valence-electron chi connectivity index (χ0n) is 9.08. The number of aromatic nitrogens is 1. The van der Waals surface area contributed by atoms with Crippen LogP contribution >= 0.6 is 11.6 Å². The first-order chi connectivity index (χ1) is 8.08. The zero-order chi connectivity index (χ0) is 12.4. The van der Waals surface area contributed by atoms with E-state index in [0.717, 1.165) is 0 Å². The van der Waals surface area contributed by atoms with Gasteiger partial charge in [0.25, 0.3) is 0 Å². The van der Waals surface area contributed by atoms with E-state index in [2.05, 4.69) is 4.98 Å². The maximum absolute atomic E-state index is 13.7. The lowest BCUT2D eigenvalue weighted by atomic mass is 10.2. The monoisotopic (exact) mass is 252 g/mol. The lowest BCUT2D eigenvalue weighted by molar-refractivity contribution is 0.427. The molecule has 3 nitrogen and oxygen atoms in total. The number of rotatable bonds is 2. The highest BCUT2D eigenvalue weighted by Gasteiger charge is 2.10. The molecule has 0 spiro atoms. The molecule has 0 bridgehead atoms. The summed E-state index contributed by atoms with van der Waals surface area (Å²) in [5, 5.41) is 0.402. The maximum Gasteiger partial charge on any atom is 0.242 e. The number of hydrogen-bond donors (Lipinski definition) is 1. The van der Waals surface area contributed by atoms with Gasteiger partial charge in [-0.1, -0.05) is 23.7 Å². The molecule has 2 rings (SSSR count). The van der Waals surface area contributed by atoms with Gasteiger partial charge in [0.15, 0.2) is 11.6 Å². The molecule has 1 aromatic carbocycles. The quantitative estimate of drug-likeness (QED) is 0.889. The number of anilines is 1. The molecule has 1 heterocycles. The molecule has 0 atom stereocenters. The number of ether oxygens (including phenoxy) is 1. The number of pyridine rings is 1. The third-order valence-corrected chi connectivity index (χ3v) is 2.42. The number of nitrogens with zero attached hydrogens (tertiary/aromatic N) is 1. The number of nitrogen functional groups attached to an aromatic ring is 1. The van der Waals surface area contributed by atoms with Gasteiger partial charge in [0.2, 0.25) is 5.88 Å². The highest BCUT2D eigenvalue weighted by atomic mass is 35.5. The van der Waals surface area contributed by atoms with Crippen LogP contribution in [0, 0.1) is 12.7 Å². The van der Waals surface area contributed by atoms with E-state index in [9.17, 15) is 4.39 Å². The van der Waals surface area contributed by atoms with Gasteiger partial charge in [-0.2, -0.15) is 0 Å². The number of aryl methyl sites for hydroxylation is 1. The Hall–Kier alpha value is -1.81. The van der Waals surface area contributed by atoms with Crippen LogP contribution in [0.4, 0.5) is 10.1 Å². The Morgan fingerprint density at radius 3 is 2.88 bits per heavy atom. The maximum atomic E-state index is 13.7. The number of hydrogen-bond acceptors (Lipinski definition) is 3. The van der Waals surface area contributed by atoms with E-state index in [0.29, 0.717) is 10.6 Å². The van der Waals surface area contributed by atoms with Crippen LogP contribution in [-0.2, 0) is 0 Å². The summed E-state index contributed by atoms with van der Waals surface area (Å²) in [6.45, 7) is 1.65. The van der Waals surface area contributed by atoms with Crippen molar-refractivity contribution in [2.24, 2.45) is 0 Å². The highest BCUT2D eigenvalue weighted by molar-refractivity contribution is 6.30. The van der Waals surface area contributed by atoms with Crippen molar-refractivity contribution >= 4 is 17.3 Å². The Bertz CT molecular complexity index is 560. The Morgan fingerprint density at radius 2 is 2.18 bits per heavy atom. The molecule has 0 saturated heterocycles. The van der Waals surface area contributed by atoms with Gasteiger partial charge in [-0.15, -0.1) is 0 Å². The second kappa shape index (κ2) is 4.59. The summed E-state index contributed by atoms with van der Waals surface area (Å²) >= 11 is 5.70. The summed E-state index contributed by atoms with van der Waals surface area (Å²) in [4.78, 5) is 3.90. The van der Waals surface area contributed by atoms with Crippen LogP contribution in [-0.4, -0.2) is 4.98 Å². The first kappa shape index (κ1) is 11.7. The van der Waals surface area contributed by atoms with Crippen LogP contribution in [0.5, 0.6) is 11.6 Å². The highest BCUT2D eigenvalue weighted by Crippen LogP contribution is 2.29. The van der Waals surface area contributed by atoms with Crippen LogP contribution in [0.15, 0.2) is 30.5 Å². The van der Waals surface area contributed by atoms with Crippen LogP contribution in [0.1, 0.15) is 5.56 Å². The van der Waals surface area contributed by atoms with Gasteiger partial charge in [0.1, 0.15) is 0 Å². The fourth-order valence-corrected chi connectivity index (χ4v) is 1.50. The molecular formula is C12H10ClFN2O. The minimum absolute atomic E-state index is 0.0894. The van der Waals surface area contributed by atoms with E-state index in [4.69, 9.17) is 22.1 Å². The van der Waals surface area contributed by atoms with E-state index in [1.54, 1.807) is 19.1 Å². The molecule has 0 unspecified atom stereocenters. The molecule has 0 fully saturated rings. The second-order valence-electron chi connectivity index (χ2n) is 3.54. The van der Waals surface area contributed by atoms with E-state index >= 15 is 0 Å². The molecule has 2 N–H and O–H groups in total. The Balaban J connectivity index is 2.35. The molecule has 0 aliphatic heterocycles. The molecule has 0 amide bonds. The van der Waals surface area contributed by atoms with Crippen LogP contribution in [0.2, 0.25) is 5.02 Å². The van der Waals surface area contributed by atoms with Crippen molar-refractivity contribution in [2.45, 2.75) is 6.92 Å². The molecule has 0 aliphatic rings. The third kappa shape index (κ3) is 2.47. The normalized spacial score (nSPS) is 10.3. The molecule has 1 aromatic heterocycles. The fraction of sp³-hybridized carbons (Fsp3) is 0.0833. The average Bonchev–Trinajstić information content (AvgIpc) is 2.28. The van der Waals surface area contributed by atoms with Gasteiger partial charge >= 0.3 is 0 Å². The van der Waals surface area contributed by atoms with Gasteiger partial charge in [-0.25, -0.2) is 9.37 Å². The molecule has 0 aliphatic carbocycles. The SMILES string of the molecule is Cc1cccc(Oc2ncc(Cl)cc2N)c1F. The minimum Gasteiger partial charge on any atom is -0.434 e. The van der Waals surface area contributed by atoms with Crippen LogP contribution < -0.4 is 10.5 Å². The van der Waals surface area contributed by atoms with Gasteiger partial charge in [-0.3, -0.25) is 0 Å². The first-order valence-electron chi connectivity index (χ1n) is 4.92. The first-order valence-corrected chi connectivity index (χ1v) is 5.29.